The van der Waals surface area contributed by atoms with Gasteiger partial charge in [-0.1, -0.05) is 87.7 Å². The van der Waals surface area contributed by atoms with Crippen molar-refractivity contribution in [3.05, 3.63) is 70.2 Å². The smallest absolute Gasteiger partial charge is 0.246 e. The fraction of sp³-hybridized carbons (Fsp3) is 0.552. The zero-order chi connectivity index (χ0) is 23.8. The van der Waals surface area contributed by atoms with Gasteiger partial charge >= 0.3 is 0 Å². The molecule has 33 heavy (non-hydrogen) atoms. The number of halogens is 1. The number of hydrogen-bond acceptors (Lipinski definition) is 2. The van der Waals surface area contributed by atoms with Crippen molar-refractivity contribution in [3.8, 4) is 0 Å². The molecule has 2 fully saturated rings. The molecule has 0 aromatic heterocycles. The third-order valence-electron chi connectivity index (χ3n) is 7.91. The predicted molar refractivity (Wildman–Crippen MR) is 137 cm³/mol. The molecule has 2 unspecified atom stereocenters. The summed E-state index contributed by atoms with van der Waals surface area (Å²) in [5, 5.41) is 4.54. The van der Waals surface area contributed by atoms with Gasteiger partial charge in [0.2, 0.25) is 5.91 Å². The topological polar surface area (TPSA) is 32.3 Å². The van der Waals surface area contributed by atoms with Gasteiger partial charge in [0.25, 0.3) is 0 Å². The Labute approximate surface area is 204 Å². The second kappa shape index (κ2) is 9.43. The number of nitrogens with one attached hydrogen (secondary N) is 1. The van der Waals surface area contributed by atoms with Crippen LogP contribution in [0.4, 0.5) is 0 Å². The van der Waals surface area contributed by atoms with Gasteiger partial charge in [-0.2, -0.15) is 0 Å². The average molecular weight is 467 g/mol. The highest BCUT2D eigenvalue weighted by Gasteiger charge is 2.55. The highest BCUT2D eigenvalue weighted by atomic mass is 35.5. The lowest BCUT2D eigenvalue weighted by Gasteiger charge is -2.49. The number of carbonyl (C=O) groups is 1. The van der Waals surface area contributed by atoms with Crippen molar-refractivity contribution in [2.45, 2.75) is 90.9 Å². The van der Waals surface area contributed by atoms with E-state index < -0.39 is 0 Å². The van der Waals surface area contributed by atoms with E-state index in [-0.39, 0.29) is 23.7 Å². The van der Waals surface area contributed by atoms with Crippen molar-refractivity contribution in [2.24, 2.45) is 11.3 Å². The van der Waals surface area contributed by atoms with E-state index in [0.29, 0.717) is 16.4 Å². The van der Waals surface area contributed by atoms with Crippen molar-refractivity contribution < 1.29 is 4.79 Å². The first kappa shape index (κ1) is 24.3. The average Bonchev–Trinajstić information content (AvgIpc) is 3.04. The molecule has 0 bridgehead atoms. The standard InChI is InChI=1S/C29H39ClN2O/c1-6-8-25(21-13-11-20(2)12-14-21)32-27(33)26(22-9-7-10-24(30)19-22)31-29(32)17-15-23(16-18-29)28(3,4)5/h7,9-14,19,23,25-26,31H,6,8,15-18H2,1-5H3. The third kappa shape index (κ3) is 4.86. The van der Waals surface area contributed by atoms with Crippen LogP contribution in [0.5, 0.6) is 0 Å². The van der Waals surface area contributed by atoms with Crippen LogP contribution in [0.3, 0.4) is 0 Å². The first-order chi connectivity index (χ1) is 15.6. The fourth-order valence-corrected chi connectivity index (χ4v) is 6.17. The molecule has 1 N–H and O–H groups in total. The number of rotatable bonds is 5. The molecule has 3 nitrogen and oxygen atoms in total. The van der Waals surface area contributed by atoms with E-state index in [0.717, 1.165) is 44.1 Å². The maximum Gasteiger partial charge on any atom is 0.246 e. The molecule has 2 atom stereocenters. The Morgan fingerprint density at radius 1 is 1.12 bits per heavy atom. The van der Waals surface area contributed by atoms with Gasteiger partial charge in [0.05, 0.1) is 11.7 Å². The molecule has 4 heteroatoms. The zero-order valence-corrected chi connectivity index (χ0v) is 21.6. The van der Waals surface area contributed by atoms with Crippen LogP contribution < -0.4 is 5.32 Å². The van der Waals surface area contributed by atoms with E-state index in [1.54, 1.807) is 0 Å². The molecular formula is C29H39ClN2O. The van der Waals surface area contributed by atoms with Gasteiger partial charge in [-0.05, 0) is 73.6 Å². The van der Waals surface area contributed by atoms with E-state index in [2.05, 4.69) is 69.1 Å². The van der Waals surface area contributed by atoms with Gasteiger partial charge in [-0.3, -0.25) is 10.1 Å². The summed E-state index contributed by atoms with van der Waals surface area (Å²) in [7, 11) is 0. The third-order valence-corrected chi connectivity index (χ3v) is 8.15. The van der Waals surface area contributed by atoms with E-state index in [9.17, 15) is 4.79 Å². The summed E-state index contributed by atoms with van der Waals surface area (Å²) >= 11 is 6.32. The molecule has 2 aromatic rings. The lowest BCUT2D eigenvalue weighted by atomic mass is 9.69. The molecule has 1 heterocycles. The Kier molecular flexibility index (Phi) is 6.94. The monoisotopic (exact) mass is 466 g/mol. The second-order valence-electron chi connectivity index (χ2n) is 11.2. The quantitative estimate of drug-likeness (QED) is 0.492. The number of nitrogens with zero attached hydrogens (tertiary/aromatic N) is 1. The van der Waals surface area contributed by atoms with Crippen molar-refractivity contribution >= 4 is 17.5 Å². The summed E-state index contributed by atoms with van der Waals surface area (Å²) in [5.74, 6) is 0.863. The second-order valence-corrected chi connectivity index (χ2v) is 11.7. The molecule has 1 saturated carbocycles. The van der Waals surface area contributed by atoms with Crippen LogP contribution in [0, 0.1) is 18.3 Å². The Morgan fingerprint density at radius 2 is 1.79 bits per heavy atom. The van der Waals surface area contributed by atoms with Crippen molar-refractivity contribution in [3.63, 3.8) is 0 Å². The fourth-order valence-electron chi connectivity index (χ4n) is 5.97. The van der Waals surface area contributed by atoms with Gasteiger partial charge in [0, 0.05) is 5.02 Å². The van der Waals surface area contributed by atoms with Crippen molar-refractivity contribution in [1.82, 2.24) is 10.2 Å². The summed E-state index contributed by atoms with van der Waals surface area (Å²) in [6.07, 6.45) is 6.24. The van der Waals surface area contributed by atoms with Crippen LogP contribution in [0.2, 0.25) is 5.02 Å². The minimum Gasteiger partial charge on any atom is -0.316 e. The Hall–Kier alpha value is -1.84. The number of benzene rings is 2. The number of hydrogen-bond donors (Lipinski definition) is 1. The molecule has 1 aliphatic heterocycles. The first-order valence-electron chi connectivity index (χ1n) is 12.6. The predicted octanol–water partition coefficient (Wildman–Crippen LogP) is 7.60. The van der Waals surface area contributed by atoms with Gasteiger partial charge in [-0.25, -0.2) is 0 Å². The molecule has 178 valence electrons. The zero-order valence-electron chi connectivity index (χ0n) is 20.8. The number of carbonyl (C=O) groups excluding carboxylic acids is 1. The van der Waals surface area contributed by atoms with E-state index >= 15 is 0 Å². The lowest BCUT2D eigenvalue weighted by molar-refractivity contribution is -0.137. The van der Waals surface area contributed by atoms with Gasteiger partial charge in [-0.15, -0.1) is 0 Å². The van der Waals surface area contributed by atoms with Crippen molar-refractivity contribution in [1.29, 1.82) is 0 Å². The number of aryl methyl sites for hydroxylation is 1. The Bertz CT molecular complexity index is 970. The minimum atomic E-state index is -0.348. The van der Waals surface area contributed by atoms with Gasteiger partial charge in [0.1, 0.15) is 6.04 Å². The molecule has 2 aliphatic rings. The van der Waals surface area contributed by atoms with E-state index in [1.165, 1.54) is 11.1 Å². The lowest BCUT2D eigenvalue weighted by Crippen LogP contribution is -2.56. The molecule has 1 spiro atoms. The maximum absolute atomic E-state index is 14.1. The number of amides is 1. The highest BCUT2D eigenvalue weighted by molar-refractivity contribution is 6.30. The molecule has 2 aromatic carbocycles. The molecule has 1 aliphatic carbocycles. The molecule has 1 saturated heterocycles. The highest BCUT2D eigenvalue weighted by Crippen LogP contribution is 2.50. The van der Waals surface area contributed by atoms with E-state index in [4.69, 9.17) is 11.6 Å². The summed E-state index contributed by atoms with van der Waals surface area (Å²) in [6.45, 7) is 11.4. The van der Waals surface area contributed by atoms with Crippen LogP contribution in [0.25, 0.3) is 0 Å². The molecular weight excluding hydrogens is 428 g/mol. The Morgan fingerprint density at radius 3 is 2.36 bits per heavy atom. The Balaban J connectivity index is 1.74. The van der Waals surface area contributed by atoms with Crippen LogP contribution in [0.1, 0.15) is 95.0 Å². The maximum atomic E-state index is 14.1. The van der Waals surface area contributed by atoms with Crippen LogP contribution >= 0.6 is 11.6 Å². The SMILES string of the molecule is CCCC(c1ccc(C)cc1)N1C(=O)C(c2cccc(Cl)c2)NC12CCC(C(C)(C)C)CC2. The normalized spacial score (nSPS) is 26.7. The van der Waals surface area contributed by atoms with Gasteiger partial charge in [0.15, 0.2) is 0 Å². The molecule has 1 amide bonds. The summed E-state index contributed by atoms with van der Waals surface area (Å²) in [5.41, 5.74) is 3.43. The van der Waals surface area contributed by atoms with Crippen molar-refractivity contribution in [2.75, 3.05) is 0 Å². The largest absolute Gasteiger partial charge is 0.316 e. The molecule has 4 rings (SSSR count). The molecule has 0 radical (unpaired) electrons. The minimum absolute atomic E-state index is 0.0750. The summed E-state index contributed by atoms with van der Waals surface area (Å²) in [4.78, 5) is 16.4. The van der Waals surface area contributed by atoms with E-state index in [1.807, 2.05) is 24.3 Å². The summed E-state index contributed by atoms with van der Waals surface area (Å²) < 4.78 is 0. The van der Waals surface area contributed by atoms with Crippen LogP contribution in [-0.4, -0.2) is 16.5 Å². The first-order valence-corrected chi connectivity index (χ1v) is 13.0. The van der Waals surface area contributed by atoms with Crippen LogP contribution in [0.15, 0.2) is 48.5 Å². The van der Waals surface area contributed by atoms with Gasteiger partial charge < -0.3 is 4.90 Å². The summed E-state index contributed by atoms with van der Waals surface area (Å²) in [6, 6.07) is 16.3. The van der Waals surface area contributed by atoms with Crippen LogP contribution in [-0.2, 0) is 4.79 Å².